The molecule has 0 unspecified atom stereocenters. The summed E-state index contributed by atoms with van der Waals surface area (Å²) in [5, 5.41) is 4.94. The first-order chi connectivity index (χ1) is 8.75. The number of benzene rings is 1. The van der Waals surface area contributed by atoms with Crippen molar-refractivity contribution in [1.29, 1.82) is 0 Å². The van der Waals surface area contributed by atoms with Crippen LogP contribution in [0.5, 0.6) is 0 Å². The molecule has 0 atom stereocenters. The van der Waals surface area contributed by atoms with Crippen LogP contribution in [0.15, 0.2) is 24.4 Å². The molecule has 0 radical (unpaired) electrons. The highest BCUT2D eigenvalue weighted by atomic mass is 19.1. The van der Waals surface area contributed by atoms with Crippen LogP contribution in [0, 0.1) is 5.82 Å². The molecule has 5 heteroatoms. The van der Waals surface area contributed by atoms with Crippen molar-refractivity contribution in [2.75, 3.05) is 36.8 Å². The Morgan fingerprint density at radius 1 is 1.22 bits per heavy atom. The van der Waals surface area contributed by atoms with E-state index in [9.17, 15) is 4.39 Å². The van der Waals surface area contributed by atoms with E-state index in [2.05, 4.69) is 15.2 Å². The second-order valence-electron chi connectivity index (χ2n) is 4.46. The minimum atomic E-state index is -0.315. The molecule has 3 rings (SSSR count). The van der Waals surface area contributed by atoms with Crippen LogP contribution in [-0.2, 0) is 0 Å². The minimum Gasteiger partial charge on any atom is -0.398 e. The molecule has 4 nitrogen and oxygen atoms in total. The molecule has 1 aliphatic rings. The highest BCUT2D eigenvalue weighted by molar-refractivity contribution is 5.99. The average molecular weight is 246 g/mol. The van der Waals surface area contributed by atoms with Gasteiger partial charge in [0.15, 0.2) is 0 Å². The molecule has 0 spiro atoms. The van der Waals surface area contributed by atoms with Crippen LogP contribution < -0.4 is 16.0 Å². The maximum atomic E-state index is 13.5. The summed E-state index contributed by atoms with van der Waals surface area (Å²) in [5.74, 6) is 0.504. The number of halogens is 1. The van der Waals surface area contributed by atoms with Gasteiger partial charge in [0.2, 0.25) is 0 Å². The Balaban J connectivity index is 2.16. The summed E-state index contributed by atoms with van der Waals surface area (Å²) in [5.41, 5.74) is 6.32. The van der Waals surface area contributed by atoms with Gasteiger partial charge in [-0.15, -0.1) is 0 Å². The first-order valence-electron chi connectivity index (χ1n) is 6.05. The topological polar surface area (TPSA) is 54.2 Å². The third kappa shape index (κ3) is 1.86. The smallest absolute Gasteiger partial charge is 0.136 e. The van der Waals surface area contributed by atoms with E-state index in [0.717, 1.165) is 42.8 Å². The predicted molar refractivity (Wildman–Crippen MR) is 71.2 cm³/mol. The monoisotopic (exact) mass is 246 g/mol. The Morgan fingerprint density at radius 3 is 2.78 bits per heavy atom. The summed E-state index contributed by atoms with van der Waals surface area (Å²) in [6.45, 7) is 3.59. The number of aromatic nitrogens is 1. The van der Waals surface area contributed by atoms with Crippen molar-refractivity contribution in [2.45, 2.75) is 0 Å². The summed E-state index contributed by atoms with van der Waals surface area (Å²) in [4.78, 5) is 6.55. The van der Waals surface area contributed by atoms with Gasteiger partial charge in [-0.05, 0) is 18.2 Å². The van der Waals surface area contributed by atoms with Gasteiger partial charge in [0.05, 0.1) is 0 Å². The Labute approximate surface area is 105 Å². The predicted octanol–water partition coefficient (Wildman–Crippen LogP) is 1.37. The Hall–Kier alpha value is -1.88. The van der Waals surface area contributed by atoms with Crippen molar-refractivity contribution >= 4 is 22.3 Å². The van der Waals surface area contributed by atoms with E-state index in [1.54, 1.807) is 6.20 Å². The van der Waals surface area contributed by atoms with Gasteiger partial charge in [-0.1, -0.05) is 0 Å². The molecule has 1 fully saturated rings. The van der Waals surface area contributed by atoms with Crippen LogP contribution in [0.2, 0.25) is 0 Å². The number of anilines is 2. The Morgan fingerprint density at radius 2 is 2.00 bits per heavy atom. The Kier molecular flexibility index (Phi) is 2.76. The van der Waals surface area contributed by atoms with Gasteiger partial charge in [0, 0.05) is 48.8 Å². The number of piperazine rings is 1. The van der Waals surface area contributed by atoms with Crippen molar-refractivity contribution in [3.63, 3.8) is 0 Å². The number of nitrogen functional groups attached to an aromatic ring is 1. The molecule has 0 aliphatic carbocycles. The van der Waals surface area contributed by atoms with E-state index in [1.807, 2.05) is 6.07 Å². The molecular formula is C13H15FN4. The summed E-state index contributed by atoms with van der Waals surface area (Å²) in [6, 6.07) is 4.69. The van der Waals surface area contributed by atoms with Crippen LogP contribution in [0.1, 0.15) is 0 Å². The average Bonchev–Trinajstić information content (AvgIpc) is 2.39. The third-order valence-corrected chi connectivity index (χ3v) is 3.27. The number of rotatable bonds is 1. The maximum absolute atomic E-state index is 13.5. The van der Waals surface area contributed by atoms with Gasteiger partial charge >= 0.3 is 0 Å². The van der Waals surface area contributed by atoms with Crippen molar-refractivity contribution in [3.8, 4) is 0 Å². The quantitative estimate of drug-likeness (QED) is 0.746. The van der Waals surface area contributed by atoms with Gasteiger partial charge < -0.3 is 16.0 Å². The van der Waals surface area contributed by atoms with Crippen LogP contribution in [0.3, 0.4) is 0 Å². The highest BCUT2D eigenvalue weighted by Gasteiger charge is 2.15. The number of pyridine rings is 1. The SMILES string of the molecule is Nc1cc(F)cc2c(N3CCNCC3)nccc12. The molecule has 94 valence electrons. The molecule has 1 saturated heterocycles. The van der Waals surface area contributed by atoms with Crippen molar-refractivity contribution < 1.29 is 4.39 Å². The van der Waals surface area contributed by atoms with Crippen molar-refractivity contribution in [2.24, 2.45) is 0 Å². The fraction of sp³-hybridized carbons (Fsp3) is 0.308. The number of fused-ring (bicyclic) bond motifs is 1. The van der Waals surface area contributed by atoms with Crippen LogP contribution >= 0.6 is 0 Å². The number of hydrogen-bond donors (Lipinski definition) is 2. The first kappa shape index (κ1) is 11.2. The lowest BCUT2D eigenvalue weighted by atomic mass is 10.1. The lowest BCUT2D eigenvalue weighted by Gasteiger charge is -2.29. The third-order valence-electron chi connectivity index (χ3n) is 3.27. The molecule has 1 aromatic heterocycles. The molecule has 2 heterocycles. The zero-order valence-corrected chi connectivity index (χ0v) is 9.99. The lowest BCUT2D eigenvalue weighted by molar-refractivity contribution is 0.586. The largest absolute Gasteiger partial charge is 0.398 e. The molecule has 0 saturated carbocycles. The number of nitrogens with zero attached hydrogens (tertiary/aromatic N) is 2. The van der Waals surface area contributed by atoms with Crippen molar-refractivity contribution in [1.82, 2.24) is 10.3 Å². The van der Waals surface area contributed by atoms with Crippen molar-refractivity contribution in [3.05, 3.63) is 30.2 Å². The fourth-order valence-corrected chi connectivity index (χ4v) is 2.39. The maximum Gasteiger partial charge on any atom is 0.136 e. The highest BCUT2D eigenvalue weighted by Crippen LogP contribution is 2.29. The standard InChI is InChI=1S/C13H15FN4/c14-9-7-11-10(12(15)8-9)1-2-17-13(11)18-5-3-16-4-6-18/h1-2,7-8,16H,3-6,15H2. The summed E-state index contributed by atoms with van der Waals surface area (Å²) < 4.78 is 13.5. The summed E-state index contributed by atoms with van der Waals surface area (Å²) >= 11 is 0. The zero-order valence-electron chi connectivity index (χ0n) is 9.99. The van der Waals surface area contributed by atoms with E-state index in [1.165, 1.54) is 12.1 Å². The molecule has 2 aromatic rings. The number of nitrogens with one attached hydrogen (secondary N) is 1. The number of hydrogen-bond acceptors (Lipinski definition) is 4. The normalized spacial score (nSPS) is 16.2. The van der Waals surface area contributed by atoms with Gasteiger partial charge in [0.25, 0.3) is 0 Å². The van der Waals surface area contributed by atoms with Crippen LogP contribution in [0.25, 0.3) is 10.8 Å². The van der Waals surface area contributed by atoms with E-state index in [0.29, 0.717) is 5.69 Å². The number of nitrogens with two attached hydrogens (primary N) is 1. The molecule has 18 heavy (non-hydrogen) atoms. The zero-order chi connectivity index (χ0) is 12.5. The van der Waals surface area contributed by atoms with E-state index in [-0.39, 0.29) is 5.82 Å². The lowest BCUT2D eigenvalue weighted by Crippen LogP contribution is -2.44. The van der Waals surface area contributed by atoms with E-state index >= 15 is 0 Å². The van der Waals surface area contributed by atoms with E-state index < -0.39 is 0 Å². The van der Waals surface area contributed by atoms with Gasteiger partial charge in [-0.25, -0.2) is 9.37 Å². The summed E-state index contributed by atoms with van der Waals surface area (Å²) in [6.07, 6.45) is 1.73. The molecule has 1 aliphatic heterocycles. The van der Waals surface area contributed by atoms with Crippen LogP contribution in [-0.4, -0.2) is 31.2 Å². The second-order valence-corrected chi connectivity index (χ2v) is 4.46. The van der Waals surface area contributed by atoms with Gasteiger partial charge in [-0.3, -0.25) is 0 Å². The van der Waals surface area contributed by atoms with Crippen LogP contribution in [0.4, 0.5) is 15.9 Å². The Bertz CT molecular complexity index is 578. The van der Waals surface area contributed by atoms with E-state index in [4.69, 9.17) is 5.73 Å². The van der Waals surface area contributed by atoms with Gasteiger partial charge in [0.1, 0.15) is 11.6 Å². The second kappa shape index (κ2) is 4.42. The minimum absolute atomic E-state index is 0.315. The van der Waals surface area contributed by atoms with Gasteiger partial charge in [-0.2, -0.15) is 0 Å². The molecule has 0 bridgehead atoms. The molecule has 3 N–H and O–H groups in total. The summed E-state index contributed by atoms with van der Waals surface area (Å²) in [7, 11) is 0. The molecule has 1 aromatic carbocycles. The first-order valence-corrected chi connectivity index (χ1v) is 6.05. The molecule has 0 amide bonds. The molecular weight excluding hydrogens is 231 g/mol. The fourth-order valence-electron chi connectivity index (χ4n) is 2.39.